The first-order chi connectivity index (χ1) is 7.83. The van der Waals surface area contributed by atoms with Crippen LogP contribution in [-0.4, -0.2) is 19.4 Å². The fourth-order valence-electron chi connectivity index (χ4n) is 1.14. The Hall–Kier alpha value is -1.47. The van der Waals surface area contributed by atoms with E-state index in [0.29, 0.717) is 5.56 Å². The van der Waals surface area contributed by atoms with Gasteiger partial charge in [0.25, 0.3) is 0 Å². The maximum absolute atomic E-state index is 11.9. The molecule has 8 heteroatoms. The molecule has 1 aromatic carbocycles. The molecule has 0 fully saturated rings. The maximum atomic E-state index is 11.9. The fraction of sp³-hybridized carbons (Fsp3) is 0.300. The van der Waals surface area contributed by atoms with Crippen molar-refractivity contribution in [2.24, 2.45) is 5.73 Å². The topological polar surface area (TPSA) is 61.5 Å². The van der Waals surface area contributed by atoms with Crippen LogP contribution in [-0.2, 0) is 9.53 Å². The van der Waals surface area contributed by atoms with Crippen LogP contribution in [0.25, 0.3) is 0 Å². The van der Waals surface area contributed by atoms with E-state index in [4.69, 9.17) is 5.73 Å². The third kappa shape index (κ3) is 4.80. The van der Waals surface area contributed by atoms with Crippen molar-refractivity contribution in [3.63, 3.8) is 0 Å². The van der Waals surface area contributed by atoms with E-state index >= 15 is 0 Å². The number of carbonyl (C=O) groups is 1. The summed E-state index contributed by atoms with van der Waals surface area (Å²) >= 11 is 0. The smallest absolute Gasteiger partial charge is 0.468 e. The molecule has 1 atom stereocenters. The maximum Gasteiger partial charge on any atom is 0.573 e. The number of halogens is 4. The first-order valence-electron chi connectivity index (χ1n) is 4.52. The van der Waals surface area contributed by atoms with Gasteiger partial charge in [0.1, 0.15) is 11.8 Å². The molecule has 0 aromatic heterocycles. The van der Waals surface area contributed by atoms with Gasteiger partial charge < -0.3 is 15.2 Å². The van der Waals surface area contributed by atoms with Crippen molar-refractivity contribution < 1.29 is 27.4 Å². The minimum Gasteiger partial charge on any atom is -0.468 e. The predicted octanol–water partition coefficient (Wildman–Crippen LogP) is 2.18. The standard InChI is InChI=1S/C10H10F3NO3.ClH/c1-16-9(15)8(14)6-2-4-7(5-3-6)17-10(11,12)13;/h2-5,8H,14H2,1H3;1H/t8-;/m0./s1. The van der Waals surface area contributed by atoms with Crippen LogP contribution in [0.1, 0.15) is 11.6 Å². The molecule has 102 valence electrons. The highest BCUT2D eigenvalue weighted by Crippen LogP contribution is 2.24. The van der Waals surface area contributed by atoms with Gasteiger partial charge in [-0.25, -0.2) is 0 Å². The van der Waals surface area contributed by atoms with E-state index in [1.165, 1.54) is 19.2 Å². The van der Waals surface area contributed by atoms with Crippen LogP contribution in [0.2, 0.25) is 0 Å². The van der Waals surface area contributed by atoms with E-state index in [1.54, 1.807) is 0 Å². The van der Waals surface area contributed by atoms with Crippen molar-refractivity contribution in [1.82, 2.24) is 0 Å². The minimum atomic E-state index is -4.74. The highest BCUT2D eigenvalue weighted by molar-refractivity contribution is 5.85. The Morgan fingerprint density at radius 2 is 1.78 bits per heavy atom. The molecule has 1 aromatic rings. The molecule has 0 unspecified atom stereocenters. The lowest BCUT2D eigenvalue weighted by atomic mass is 10.1. The van der Waals surface area contributed by atoms with Gasteiger partial charge in [-0.2, -0.15) is 0 Å². The van der Waals surface area contributed by atoms with Gasteiger partial charge in [-0.3, -0.25) is 4.79 Å². The lowest BCUT2D eigenvalue weighted by molar-refractivity contribution is -0.274. The van der Waals surface area contributed by atoms with E-state index in [-0.39, 0.29) is 18.2 Å². The molecule has 0 aliphatic carbocycles. The fourth-order valence-corrected chi connectivity index (χ4v) is 1.14. The van der Waals surface area contributed by atoms with Crippen LogP contribution in [0.5, 0.6) is 5.75 Å². The normalized spacial score (nSPS) is 12.3. The van der Waals surface area contributed by atoms with Crippen LogP contribution < -0.4 is 10.5 Å². The summed E-state index contributed by atoms with van der Waals surface area (Å²) in [4.78, 5) is 11.1. The minimum absolute atomic E-state index is 0. The quantitative estimate of drug-likeness (QED) is 0.865. The number of ether oxygens (including phenoxy) is 2. The van der Waals surface area contributed by atoms with Crippen molar-refractivity contribution in [1.29, 1.82) is 0 Å². The molecule has 0 aliphatic rings. The number of alkyl halides is 3. The second kappa shape index (κ2) is 6.46. The predicted molar refractivity (Wildman–Crippen MR) is 59.3 cm³/mol. The molecule has 18 heavy (non-hydrogen) atoms. The zero-order chi connectivity index (χ0) is 13.1. The number of hydrogen-bond donors (Lipinski definition) is 1. The number of rotatable bonds is 3. The lowest BCUT2D eigenvalue weighted by Gasteiger charge is -2.11. The summed E-state index contributed by atoms with van der Waals surface area (Å²) in [5.41, 5.74) is 5.83. The van der Waals surface area contributed by atoms with Gasteiger partial charge in [-0.1, -0.05) is 12.1 Å². The van der Waals surface area contributed by atoms with Crippen molar-refractivity contribution in [2.75, 3.05) is 7.11 Å². The molecule has 0 amide bonds. The zero-order valence-electron chi connectivity index (χ0n) is 9.23. The average Bonchev–Trinajstić information content (AvgIpc) is 2.26. The molecule has 0 aliphatic heterocycles. The largest absolute Gasteiger partial charge is 0.573 e. The summed E-state index contributed by atoms with van der Waals surface area (Å²) in [6.07, 6.45) is -4.74. The van der Waals surface area contributed by atoms with Gasteiger partial charge in [0.15, 0.2) is 0 Å². The SMILES string of the molecule is COC(=O)[C@@H](N)c1ccc(OC(F)(F)F)cc1.Cl. The molecule has 4 nitrogen and oxygen atoms in total. The van der Waals surface area contributed by atoms with Gasteiger partial charge in [-0.15, -0.1) is 25.6 Å². The number of carbonyl (C=O) groups excluding carboxylic acids is 1. The summed E-state index contributed by atoms with van der Waals surface area (Å²) < 4.78 is 43.7. The first kappa shape index (κ1) is 16.5. The summed E-state index contributed by atoms with van der Waals surface area (Å²) in [5, 5.41) is 0. The first-order valence-corrected chi connectivity index (χ1v) is 4.52. The molecule has 0 bridgehead atoms. The molecule has 0 spiro atoms. The second-order valence-corrected chi connectivity index (χ2v) is 3.12. The average molecular weight is 286 g/mol. The molecule has 0 saturated heterocycles. The number of hydrogen-bond acceptors (Lipinski definition) is 4. The molecule has 0 saturated carbocycles. The molecule has 1 rings (SSSR count). The van der Waals surface area contributed by atoms with E-state index in [0.717, 1.165) is 12.1 Å². The highest BCUT2D eigenvalue weighted by atomic mass is 35.5. The Bertz CT molecular complexity index is 394. The molecular formula is C10H11ClF3NO3. The molecule has 2 N–H and O–H groups in total. The van der Waals surface area contributed by atoms with Gasteiger partial charge in [0.2, 0.25) is 0 Å². The van der Waals surface area contributed by atoms with Crippen LogP contribution in [0.3, 0.4) is 0 Å². The number of esters is 1. The van der Waals surface area contributed by atoms with E-state index in [1.807, 2.05) is 0 Å². The van der Waals surface area contributed by atoms with Crippen LogP contribution in [0.15, 0.2) is 24.3 Å². The van der Waals surface area contributed by atoms with Crippen LogP contribution in [0, 0.1) is 0 Å². The Labute approximate surface area is 107 Å². The van der Waals surface area contributed by atoms with Crippen molar-refractivity contribution in [2.45, 2.75) is 12.4 Å². The van der Waals surface area contributed by atoms with Crippen molar-refractivity contribution in [3.05, 3.63) is 29.8 Å². The molecule has 0 heterocycles. The Morgan fingerprint density at radius 1 is 1.28 bits per heavy atom. The second-order valence-electron chi connectivity index (χ2n) is 3.12. The monoisotopic (exact) mass is 285 g/mol. The van der Waals surface area contributed by atoms with Crippen molar-refractivity contribution >= 4 is 18.4 Å². The van der Waals surface area contributed by atoms with E-state index in [9.17, 15) is 18.0 Å². The summed E-state index contributed by atoms with van der Waals surface area (Å²) in [6, 6.07) is 3.66. The summed E-state index contributed by atoms with van der Waals surface area (Å²) in [7, 11) is 1.17. The third-order valence-electron chi connectivity index (χ3n) is 1.93. The van der Waals surface area contributed by atoms with E-state index < -0.39 is 18.4 Å². The summed E-state index contributed by atoms with van der Waals surface area (Å²) in [6.45, 7) is 0. The van der Waals surface area contributed by atoms with Gasteiger partial charge in [0.05, 0.1) is 7.11 Å². The molecule has 0 radical (unpaired) electrons. The Kier molecular flexibility index (Phi) is 5.93. The van der Waals surface area contributed by atoms with E-state index in [2.05, 4.69) is 9.47 Å². The van der Waals surface area contributed by atoms with Crippen LogP contribution in [0.4, 0.5) is 13.2 Å². The Balaban J connectivity index is 0.00000289. The van der Waals surface area contributed by atoms with Gasteiger partial charge in [-0.05, 0) is 17.7 Å². The molecular weight excluding hydrogens is 275 g/mol. The van der Waals surface area contributed by atoms with Gasteiger partial charge >= 0.3 is 12.3 Å². The number of nitrogens with two attached hydrogens (primary N) is 1. The van der Waals surface area contributed by atoms with Crippen molar-refractivity contribution in [3.8, 4) is 5.75 Å². The third-order valence-corrected chi connectivity index (χ3v) is 1.93. The lowest BCUT2D eigenvalue weighted by Crippen LogP contribution is -2.22. The number of methoxy groups -OCH3 is 1. The zero-order valence-corrected chi connectivity index (χ0v) is 10.0. The highest BCUT2D eigenvalue weighted by Gasteiger charge is 2.31. The summed E-state index contributed by atoms with van der Waals surface area (Å²) in [5.74, 6) is -1.05. The van der Waals surface area contributed by atoms with Gasteiger partial charge in [0, 0.05) is 0 Å². The van der Waals surface area contributed by atoms with Crippen LogP contribution >= 0.6 is 12.4 Å². The Morgan fingerprint density at radius 3 is 2.17 bits per heavy atom. The number of benzene rings is 1.